The molecule has 1 saturated heterocycles. The van der Waals surface area contributed by atoms with Crippen LogP contribution >= 0.6 is 11.6 Å². The van der Waals surface area contributed by atoms with E-state index >= 15 is 0 Å². The molecule has 172 valence electrons. The molecular weight excluding hydrogens is 438 g/mol. The number of hydrogen-bond donors (Lipinski definition) is 1. The molecule has 3 amide bonds. The molecule has 6 nitrogen and oxygen atoms in total. The van der Waals surface area contributed by atoms with Crippen LogP contribution in [0.3, 0.4) is 0 Å². The molecule has 1 atom stereocenters. The number of hydrogen-bond acceptors (Lipinski definition) is 3. The van der Waals surface area contributed by atoms with Gasteiger partial charge in [0.1, 0.15) is 6.04 Å². The molecule has 3 aromatic rings. The third-order valence-corrected chi connectivity index (χ3v) is 6.13. The molecular formula is C26H28ClN3O3. The lowest BCUT2D eigenvalue weighted by molar-refractivity contribution is -0.139. The standard InChI is InChI=1S/C26H28ClN3O3/c1-26(2,3)15-24(32)29(13-12-17-16-28-21-7-5-4-6-20(17)21)22-14-23(31)30(25(22)33)19-10-8-18(27)9-11-19/h4-11,16,22,28H,12-15H2,1-3H3. The normalized spacial score (nSPS) is 16.6. The number of halogens is 1. The first-order valence-corrected chi connectivity index (χ1v) is 11.5. The van der Waals surface area contributed by atoms with Crippen molar-refractivity contribution < 1.29 is 14.4 Å². The van der Waals surface area contributed by atoms with E-state index in [1.54, 1.807) is 29.2 Å². The van der Waals surface area contributed by atoms with Crippen molar-refractivity contribution >= 4 is 45.9 Å². The molecule has 0 bridgehead atoms. The minimum atomic E-state index is -0.812. The summed E-state index contributed by atoms with van der Waals surface area (Å²) < 4.78 is 0. The number of aromatic nitrogens is 1. The van der Waals surface area contributed by atoms with E-state index in [0.717, 1.165) is 16.5 Å². The number of carbonyl (C=O) groups excluding carboxylic acids is 3. The maximum atomic E-state index is 13.4. The van der Waals surface area contributed by atoms with Crippen LogP contribution in [0.15, 0.2) is 54.7 Å². The van der Waals surface area contributed by atoms with Crippen molar-refractivity contribution in [1.82, 2.24) is 9.88 Å². The largest absolute Gasteiger partial charge is 0.361 e. The highest BCUT2D eigenvalue weighted by atomic mass is 35.5. The van der Waals surface area contributed by atoms with Crippen molar-refractivity contribution in [2.45, 2.75) is 46.1 Å². The Morgan fingerprint density at radius 1 is 1.12 bits per heavy atom. The molecule has 2 heterocycles. The molecule has 1 aromatic heterocycles. The number of benzene rings is 2. The Morgan fingerprint density at radius 2 is 1.82 bits per heavy atom. The monoisotopic (exact) mass is 465 g/mol. The Kier molecular flexibility index (Phi) is 6.30. The van der Waals surface area contributed by atoms with Crippen molar-refractivity contribution in [3.8, 4) is 0 Å². The van der Waals surface area contributed by atoms with Gasteiger partial charge in [0, 0.05) is 35.1 Å². The van der Waals surface area contributed by atoms with Crippen LogP contribution in [-0.2, 0) is 20.8 Å². The van der Waals surface area contributed by atoms with Crippen molar-refractivity contribution in [3.05, 3.63) is 65.3 Å². The van der Waals surface area contributed by atoms with Crippen molar-refractivity contribution in [2.75, 3.05) is 11.4 Å². The molecule has 1 aliphatic rings. The van der Waals surface area contributed by atoms with Crippen LogP contribution in [0.5, 0.6) is 0 Å². The number of imide groups is 1. The number of H-pyrrole nitrogens is 1. The van der Waals surface area contributed by atoms with E-state index in [1.807, 2.05) is 51.2 Å². The highest BCUT2D eigenvalue weighted by Crippen LogP contribution is 2.29. The Labute approximate surface area is 198 Å². The number of anilines is 1. The van der Waals surface area contributed by atoms with E-state index < -0.39 is 6.04 Å². The van der Waals surface area contributed by atoms with Gasteiger partial charge < -0.3 is 9.88 Å². The lowest BCUT2D eigenvalue weighted by Gasteiger charge is -2.30. The number of nitrogens with one attached hydrogen (secondary N) is 1. The van der Waals surface area contributed by atoms with Crippen LogP contribution in [0.1, 0.15) is 39.2 Å². The number of fused-ring (bicyclic) bond motifs is 1. The summed E-state index contributed by atoms with van der Waals surface area (Å²) in [6.07, 6.45) is 2.79. The summed E-state index contributed by atoms with van der Waals surface area (Å²) in [5.41, 5.74) is 2.33. The minimum absolute atomic E-state index is 0.0226. The van der Waals surface area contributed by atoms with Gasteiger partial charge in [0.05, 0.1) is 12.1 Å². The van der Waals surface area contributed by atoms with E-state index in [2.05, 4.69) is 4.98 Å². The summed E-state index contributed by atoms with van der Waals surface area (Å²) in [5, 5.41) is 1.62. The fourth-order valence-corrected chi connectivity index (χ4v) is 4.44. The molecule has 2 aromatic carbocycles. The Hall–Kier alpha value is -3.12. The number of para-hydroxylation sites is 1. The molecule has 7 heteroatoms. The zero-order chi connectivity index (χ0) is 23.8. The number of carbonyl (C=O) groups is 3. The zero-order valence-electron chi connectivity index (χ0n) is 19.1. The predicted octanol–water partition coefficient (Wildman–Crippen LogP) is 4.96. The van der Waals surface area contributed by atoms with Gasteiger partial charge in [0.25, 0.3) is 5.91 Å². The highest BCUT2D eigenvalue weighted by molar-refractivity contribution is 6.30. The third kappa shape index (κ3) is 4.96. The van der Waals surface area contributed by atoms with E-state index in [0.29, 0.717) is 30.1 Å². The maximum Gasteiger partial charge on any atom is 0.257 e. The van der Waals surface area contributed by atoms with Crippen LogP contribution in [0, 0.1) is 5.41 Å². The van der Waals surface area contributed by atoms with E-state index in [1.165, 1.54) is 4.90 Å². The van der Waals surface area contributed by atoms with Gasteiger partial charge in [0.15, 0.2) is 0 Å². The van der Waals surface area contributed by atoms with Gasteiger partial charge >= 0.3 is 0 Å². The van der Waals surface area contributed by atoms with E-state index in [-0.39, 0.29) is 29.6 Å². The van der Waals surface area contributed by atoms with Gasteiger partial charge in [-0.3, -0.25) is 14.4 Å². The second-order valence-corrected chi connectivity index (χ2v) is 10.1. The third-order valence-electron chi connectivity index (χ3n) is 5.88. The van der Waals surface area contributed by atoms with Crippen LogP contribution in [-0.4, -0.2) is 40.2 Å². The van der Waals surface area contributed by atoms with Gasteiger partial charge in [-0.2, -0.15) is 0 Å². The number of rotatable bonds is 6. The summed E-state index contributed by atoms with van der Waals surface area (Å²) >= 11 is 5.96. The number of amides is 3. The summed E-state index contributed by atoms with van der Waals surface area (Å²) in [5.74, 6) is -0.803. The first-order chi connectivity index (χ1) is 15.6. The highest BCUT2D eigenvalue weighted by Gasteiger charge is 2.44. The van der Waals surface area contributed by atoms with Gasteiger partial charge in [-0.25, -0.2) is 4.90 Å². The molecule has 1 N–H and O–H groups in total. The molecule has 33 heavy (non-hydrogen) atoms. The molecule has 1 aliphatic heterocycles. The average Bonchev–Trinajstić information content (AvgIpc) is 3.29. The van der Waals surface area contributed by atoms with Crippen LogP contribution in [0.4, 0.5) is 5.69 Å². The average molecular weight is 466 g/mol. The van der Waals surface area contributed by atoms with Crippen LogP contribution < -0.4 is 4.90 Å². The predicted molar refractivity (Wildman–Crippen MR) is 130 cm³/mol. The zero-order valence-corrected chi connectivity index (χ0v) is 19.9. The molecule has 0 aliphatic carbocycles. The van der Waals surface area contributed by atoms with Crippen molar-refractivity contribution in [1.29, 1.82) is 0 Å². The molecule has 1 fully saturated rings. The topological polar surface area (TPSA) is 73.5 Å². The summed E-state index contributed by atoms with van der Waals surface area (Å²) in [6, 6.07) is 13.8. The lowest BCUT2D eigenvalue weighted by Crippen LogP contribution is -2.47. The van der Waals surface area contributed by atoms with Gasteiger partial charge in [-0.15, -0.1) is 0 Å². The number of aromatic amines is 1. The molecule has 4 rings (SSSR count). The first-order valence-electron chi connectivity index (χ1n) is 11.1. The van der Waals surface area contributed by atoms with E-state index in [4.69, 9.17) is 11.6 Å². The number of nitrogens with zero attached hydrogens (tertiary/aromatic N) is 2. The van der Waals surface area contributed by atoms with E-state index in [9.17, 15) is 14.4 Å². The smallest absolute Gasteiger partial charge is 0.257 e. The van der Waals surface area contributed by atoms with Crippen molar-refractivity contribution in [3.63, 3.8) is 0 Å². The van der Waals surface area contributed by atoms with Crippen LogP contribution in [0.2, 0.25) is 5.02 Å². The maximum absolute atomic E-state index is 13.4. The lowest BCUT2D eigenvalue weighted by atomic mass is 9.91. The van der Waals surface area contributed by atoms with Gasteiger partial charge in [0.2, 0.25) is 11.8 Å². The summed E-state index contributed by atoms with van der Waals surface area (Å²) in [7, 11) is 0. The SMILES string of the molecule is CC(C)(C)CC(=O)N(CCc1c[nH]c2ccccc12)C1CC(=O)N(c2ccc(Cl)cc2)C1=O. The fraction of sp³-hybridized carbons (Fsp3) is 0.346. The minimum Gasteiger partial charge on any atom is -0.361 e. The second-order valence-electron chi connectivity index (χ2n) is 9.70. The Morgan fingerprint density at radius 3 is 2.52 bits per heavy atom. The molecule has 0 saturated carbocycles. The van der Waals surface area contributed by atoms with Gasteiger partial charge in [-0.05, 0) is 47.7 Å². The Bertz CT molecular complexity index is 1190. The Balaban J connectivity index is 1.60. The van der Waals surface area contributed by atoms with Crippen LogP contribution in [0.25, 0.3) is 10.9 Å². The molecule has 0 radical (unpaired) electrons. The quantitative estimate of drug-likeness (QED) is 0.523. The fourth-order valence-electron chi connectivity index (χ4n) is 4.31. The summed E-state index contributed by atoms with van der Waals surface area (Å²) in [6.45, 7) is 6.33. The first kappa shape index (κ1) is 23.1. The molecule has 1 unspecified atom stereocenters. The van der Waals surface area contributed by atoms with Crippen molar-refractivity contribution in [2.24, 2.45) is 5.41 Å². The summed E-state index contributed by atoms with van der Waals surface area (Å²) in [4.78, 5) is 45.5. The van der Waals surface area contributed by atoms with Gasteiger partial charge in [-0.1, -0.05) is 50.6 Å². The molecule has 0 spiro atoms. The second kappa shape index (κ2) is 9.02.